The maximum Gasteiger partial charge on any atom is 0.388 e. The molecule has 2 N–H and O–H groups in total. The van der Waals surface area contributed by atoms with Crippen molar-refractivity contribution in [2.75, 3.05) is 12.4 Å². The van der Waals surface area contributed by atoms with Crippen molar-refractivity contribution < 1.29 is 22.4 Å². The summed E-state index contributed by atoms with van der Waals surface area (Å²) in [5.41, 5.74) is 2.85. The molecule has 0 fully saturated rings. The van der Waals surface area contributed by atoms with Gasteiger partial charge in [-0.05, 0) is 58.3 Å². The minimum Gasteiger partial charge on any atom is -0.497 e. The molecular weight excluding hydrogens is 583 g/mol. The fraction of sp³-hybridized carbons (Fsp3) is 0.108. The lowest BCUT2D eigenvalue weighted by atomic mass is 9.99. The number of hydrogen-bond acceptors (Lipinski definition) is 5. The van der Waals surface area contributed by atoms with Crippen LogP contribution in [0.1, 0.15) is 18.6 Å². The molecule has 0 radical (unpaired) electrons. The van der Waals surface area contributed by atoms with Crippen molar-refractivity contribution in [3.05, 3.63) is 133 Å². The van der Waals surface area contributed by atoms with Crippen LogP contribution in [-0.4, -0.2) is 19.2 Å². The van der Waals surface area contributed by atoms with Crippen LogP contribution in [0.2, 0.25) is 0 Å². The Balaban J connectivity index is 1.33. The van der Waals surface area contributed by atoms with Crippen LogP contribution < -0.4 is 19.9 Å². The Labute approximate surface area is 261 Å². The van der Waals surface area contributed by atoms with E-state index in [2.05, 4.69) is 47.0 Å². The van der Waals surface area contributed by atoms with Crippen LogP contribution >= 0.6 is 8.24 Å². The third kappa shape index (κ3) is 5.84. The Morgan fingerprint density at radius 3 is 1.93 bits per heavy atom. The number of fused-ring (bicyclic) bond motifs is 7. The molecule has 0 saturated carbocycles. The summed E-state index contributed by atoms with van der Waals surface area (Å²) in [6.07, 6.45) is -0.584. The fourth-order valence-electron chi connectivity index (χ4n) is 5.72. The van der Waals surface area contributed by atoms with Crippen molar-refractivity contribution in [2.24, 2.45) is 0 Å². The molecule has 2 atom stereocenters. The van der Waals surface area contributed by atoms with Gasteiger partial charge in [0.1, 0.15) is 23.0 Å². The molecule has 7 aromatic rings. The molecule has 0 saturated heterocycles. The third-order valence-electron chi connectivity index (χ3n) is 7.85. The number of rotatable bonds is 7. The van der Waals surface area contributed by atoms with Crippen LogP contribution in [0.3, 0.4) is 0 Å². The molecule has 0 aliphatic rings. The molecule has 224 valence electrons. The zero-order valence-corrected chi connectivity index (χ0v) is 25.7. The average molecular weight is 615 g/mol. The van der Waals surface area contributed by atoms with Crippen molar-refractivity contribution in [1.29, 1.82) is 0 Å². The van der Waals surface area contributed by atoms with E-state index in [9.17, 15) is 4.79 Å². The SMILES string of the molecule is COc1cccc(NC(=O)N[C@@H](C)[C@H](Op2oc3ccc4ccccc4c3c3c(ccc4ccccc43)o2)c2ccccc2)c1. The topological polar surface area (TPSA) is 85.9 Å². The van der Waals surface area contributed by atoms with Crippen molar-refractivity contribution >= 4 is 63.4 Å². The molecule has 2 amide bonds. The number of carbonyl (C=O) groups excluding carboxylic acids is 1. The number of urea groups is 1. The summed E-state index contributed by atoms with van der Waals surface area (Å²) in [7, 11) is -0.358. The second-order valence-electron chi connectivity index (χ2n) is 10.8. The Morgan fingerprint density at radius 2 is 1.31 bits per heavy atom. The highest BCUT2D eigenvalue weighted by atomic mass is 31.1. The Morgan fingerprint density at radius 1 is 0.711 bits per heavy atom. The van der Waals surface area contributed by atoms with E-state index < -0.39 is 20.4 Å². The first-order chi connectivity index (χ1) is 22.1. The van der Waals surface area contributed by atoms with E-state index in [1.54, 1.807) is 19.2 Å². The van der Waals surface area contributed by atoms with Gasteiger partial charge < -0.3 is 23.8 Å². The summed E-state index contributed by atoms with van der Waals surface area (Å²) in [4.78, 5) is 13.1. The second kappa shape index (κ2) is 12.4. The number of amides is 2. The maximum absolute atomic E-state index is 13.1. The largest absolute Gasteiger partial charge is 0.497 e. The van der Waals surface area contributed by atoms with E-state index in [0.29, 0.717) is 22.6 Å². The van der Waals surface area contributed by atoms with E-state index in [1.165, 1.54) is 0 Å². The molecule has 6 aromatic carbocycles. The molecule has 8 heteroatoms. The highest BCUT2D eigenvalue weighted by Crippen LogP contribution is 2.42. The Bertz CT molecular complexity index is 2100. The molecule has 0 spiro atoms. The van der Waals surface area contributed by atoms with Crippen molar-refractivity contribution in [1.82, 2.24) is 5.32 Å². The quantitative estimate of drug-likeness (QED) is 0.187. The van der Waals surface area contributed by atoms with Crippen LogP contribution in [0.4, 0.5) is 10.5 Å². The van der Waals surface area contributed by atoms with Crippen LogP contribution in [0.25, 0.3) is 43.5 Å². The van der Waals surface area contributed by atoms with E-state index in [0.717, 1.165) is 37.9 Å². The predicted octanol–water partition coefficient (Wildman–Crippen LogP) is 9.99. The molecule has 0 aliphatic heterocycles. The summed E-state index contributed by atoms with van der Waals surface area (Å²) in [6.45, 7) is 1.90. The van der Waals surface area contributed by atoms with Gasteiger partial charge in [0.2, 0.25) is 0 Å². The number of nitrogens with one attached hydrogen (secondary N) is 2. The minimum absolute atomic E-state index is 0.371. The molecular formula is C37H31N2O5P. The normalized spacial score (nSPS) is 12.7. The monoisotopic (exact) mass is 614 g/mol. The summed E-state index contributed by atoms with van der Waals surface area (Å²) < 4.78 is 25.2. The Kier molecular flexibility index (Phi) is 7.87. The number of hydrogen-bond donors (Lipinski definition) is 2. The van der Waals surface area contributed by atoms with Crippen LogP contribution in [0.5, 0.6) is 5.75 Å². The van der Waals surface area contributed by atoms with Crippen LogP contribution in [0, 0.1) is 0 Å². The first-order valence-corrected chi connectivity index (χ1v) is 15.8. The highest BCUT2D eigenvalue weighted by Gasteiger charge is 2.25. The van der Waals surface area contributed by atoms with Gasteiger partial charge in [0.05, 0.1) is 13.2 Å². The smallest absolute Gasteiger partial charge is 0.388 e. The average Bonchev–Trinajstić information content (AvgIpc) is 3.24. The van der Waals surface area contributed by atoms with Gasteiger partial charge in [-0.2, -0.15) is 0 Å². The van der Waals surface area contributed by atoms with Gasteiger partial charge in [-0.3, -0.25) is 4.52 Å². The van der Waals surface area contributed by atoms with Gasteiger partial charge >= 0.3 is 14.3 Å². The summed E-state index contributed by atoms with van der Waals surface area (Å²) in [5.74, 6) is 0.651. The maximum atomic E-state index is 13.1. The Hall–Kier alpha value is -5.23. The first-order valence-electron chi connectivity index (χ1n) is 14.7. The number of ether oxygens (including phenoxy) is 1. The molecule has 1 aromatic heterocycles. The first kappa shape index (κ1) is 28.5. The zero-order chi connectivity index (χ0) is 30.8. The van der Waals surface area contributed by atoms with Gasteiger partial charge in [0.15, 0.2) is 0 Å². The van der Waals surface area contributed by atoms with E-state index >= 15 is 0 Å². The van der Waals surface area contributed by atoms with Crippen molar-refractivity contribution in [2.45, 2.75) is 19.1 Å². The zero-order valence-electron chi connectivity index (χ0n) is 24.8. The van der Waals surface area contributed by atoms with Gasteiger partial charge in [-0.15, -0.1) is 0 Å². The lowest BCUT2D eigenvalue weighted by Gasteiger charge is -2.24. The molecule has 7 nitrogen and oxygen atoms in total. The van der Waals surface area contributed by atoms with Crippen LogP contribution in [0.15, 0.2) is 136 Å². The van der Waals surface area contributed by atoms with Crippen molar-refractivity contribution in [3.63, 3.8) is 0 Å². The van der Waals surface area contributed by atoms with Crippen molar-refractivity contribution in [3.8, 4) is 5.75 Å². The molecule has 0 aliphatic carbocycles. The van der Waals surface area contributed by atoms with E-state index in [1.807, 2.05) is 85.8 Å². The van der Waals surface area contributed by atoms with Crippen LogP contribution in [-0.2, 0) is 0 Å². The molecule has 0 unspecified atom stereocenters. The third-order valence-corrected chi connectivity index (χ3v) is 8.94. The molecule has 0 bridgehead atoms. The highest BCUT2D eigenvalue weighted by molar-refractivity contribution is 7.31. The van der Waals surface area contributed by atoms with Gasteiger partial charge in [0.25, 0.3) is 0 Å². The lowest BCUT2D eigenvalue weighted by molar-refractivity contribution is 0.204. The number of carbonyl (C=O) groups is 1. The second-order valence-corrected chi connectivity index (χ2v) is 11.8. The summed E-state index contributed by atoms with van der Waals surface area (Å²) in [6, 6.07) is 40.8. The summed E-state index contributed by atoms with van der Waals surface area (Å²) in [5, 5.41) is 12.2. The number of anilines is 1. The lowest BCUT2D eigenvalue weighted by Crippen LogP contribution is -2.41. The molecule has 45 heavy (non-hydrogen) atoms. The standard InChI is InChI=1S/C37H31N2O5P/c1-24(38-37(40)39-28-15-10-16-29(23-28)41-2)36(27-13-4-3-5-14-27)44-45-42-32-21-19-25-11-6-8-17-30(25)34(32)35-31-18-9-7-12-26(31)20-22-33(35)43-45/h3-24,36H,1-2H3,(H2,38,39,40)/t24-,36-/m0/s1. The minimum atomic E-state index is -1.95. The van der Waals surface area contributed by atoms with E-state index in [-0.39, 0.29) is 6.03 Å². The fourth-order valence-corrected chi connectivity index (χ4v) is 6.96. The summed E-state index contributed by atoms with van der Waals surface area (Å²) >= 11 is 0. The van der Waals surface area contributed by atoms with Gasteiger partial charge in [-0.1, -0.05) is 97.1 Å². The number of benzene rings is 6. The van der Waals surface area contributed by atoms with Gasteiger partial charge in [0, 0.05) is 22.5 Å². The van der Waals surface area contributed by atoms with E-state index in [4.69, 9.17) is 17.7 Å². The predicted molar refractivity (Wildman–Crippen MR) is 182 cm³/mol. The van der Waals surface area contributed by atoms with Gasteiger partial charge in [-0.25, -0.2) is 4.79 Å². The molecule has 1 heterocycles. The molecule has 7 rings (SSSR count). The number of methoxy groups -OCH3 is 1.